The van der Waals surface area contributed by atoms with Crippen molar-refractivity contribution in [1.29, 1.82) is 0 Å². The van der Waals surface area contributed by atoms with Gasteiger partial charge in [-0.05, 0) is 37.5 Å². The summed E-state index contributed by atoms with van der Waals surface area (Å²) in [5, 5.41) is 9.01. The van der Waals surface area contributed by atoms with E-state index in [4.69, 9.17) is 5.11 Å². The quantitative estimate of drug-likeness (QED) is 0.820. The zero-order valence-electron chi connectivity index (χ0n) is 11.0. The van der Waals surface area contributed by atoms with Crippen LogP contribution in [-0.4, -0.2) is 40.9 Å². The number of nitrogens with zero attached hydrogens (tertiary/aromatic N) is 1. The topological polar surface area (TPSA) is 40.5 Å². The van der Waals surface area contributed by atoms with Gasteiger partial charge in [0.15, 0.2) is 11.6 Å². The second-order valence-corrected chi connectivity index (χ2v) is 5.81. The number of carbonyl (C=O) groups is 1. The van der Waals surface area contributed by atoms with Crippen LogP contribution in [0.1, 0.15) is 19.3 Å². The van der Waals surface area contributed by atoms with Gasteiger partial charge in [0, 0.05) is 17.5 Å². The van der Waals surface area contributed by atoms with Gasteiger partial charge in [-0.2, -0.15) is 0 Å². The molecule has 0 bridgehead atoms. The Morgan fingerprint density at radius 3 is 2.65 bits per heavy atom. The number of carbonyl (C=O) groups excluding carboxylic acids is 1. The van der Waals surface area contributed by atoms with Gasteiger partial charge in [0.05, 0.1) is 12.4 Å². The number of amides is 1. The maximum Gasteiger partial charge on any atom is 0.233 e. The molecule has 0 heterocycles. The highest BCUT2D eigenvalue weighted by Gasteiger charge is 2.28. The Bertz CT molecular complexity index is 480. The minimum Gasteiger partial charge on any atom is -0.395 e. The SMILES string of the molecule is O=C(CSc1ccc(F)c(F)c1)N(CCO)C1CCC1. The van der Waals surface area contributed by atoms with Crippen LogP contribution < -0.4 is 0 Å². The van der Waals surface area contributed by atoms with E-state index >= 15 is 0 Å². The first-order valence-electron chi connectivity index (χ1n) is 6.60. The molecule has 0 unspecified atom stereocenters. The highest BCUT2D eigenvalue weighted by Crippen LogP contribution is 2.26. The molecule has 0 atom stereocenters. The normalized spacial score (nSPS) is 14.9. The van der Waals surface area contributed by atoms with Gasteiger partial charge in [0.2, 0.25) is 5.91 Å². The second kappa shape index (κ2) is 7.04. The first-order valence-corrected chi connectivity index (χ1v) is 7.58. The van der Waals surface area contributed by atoms with Crippen LogP contribution in [0.2, 0.25) is 0 Å². The second-order valence-electron chi connectivity index (χ2n) is 4.76. The minimum atomic E-state index is -0.909. The van der Waals surface area contributed by atoms with E-state index in [0.29, 0.717) is 11.4 Å². The van der Waals surface area contributed by atoms with E-state index in [1.807, 2.05) is 0 Å². The number of hydrogen-bond acceptors (Lipinski definition) is 3. The fraction of sp³-hybridized carbons (Fsp3) is 0.500. The van der Waals surface area contributed by atoms with Crippen LogP contribution in [0.15, 0.2) is 23.1 Å². The maximum atomic E-state index is 13.1. The summed E-state index contributed by atoms with van der Waals surface area (Å²) < 4.78 is 25.9. The zero-order chi connectivity index (χ0) is 14.5. The molecule has 110 valence electrons. The van der Waals surface area contributed by atoms with Gasteiger partial charge in [-0.15, -0.1) is 11.8 Å². The molecule has 0 saturated heterocycles. The Kier molecular flexibility index (Phi) is 5.37. The van der Waals surface area contributed by atoms with Crippen molar-refractivity contribution in [3.63, 3.8) is 0 Å². The van der Waals surface area contributed by atoms with Crippen LogP contribution in [-0.2, 0) is 4.79 Å². The largest absolute Gasteiger partial charge is 0.395 e. The Balaban J connectivity index is 1.90. The van der Waals surface area contributed by atoms with Crippen molar-refractivity contribution in [2.24, 2.45) is 0 Å². The Labute approximate surface area is 121 Å². The summed E-state index contributed by atoms with van der Waals surface area (Å²) in [6.07, 6.45) is 3.05. The minimum absolute atomic E-state index is 0.0575. The van der Waals surface area contributed by atoms with E-state index in [9.17, 15) is 13.6 Å². The van der Waals surface area contributed by atoms with E-state index in [0.717, 1.165) is 31.4 Å². The number of halogens is 2. The van der Waals surface area contributed by atoms with E-state index in [2.05, 4.69) is 0 Å². The Morgan fingerprint density at radius 2 is 2.10 bits per heavy atom. The van der Waals surface area contributed by atoms with Crippen molar-refractivity contribution in [2.75, 3.05) is 18.9 Å². The molecule has 1 aliphatic carbocycles. The molecule has 0 aliphatic heterocycles. The van der Waals surface area contributed by atoms with Crippen molar-refractivity contribution < 1.29 is 18.7 Å². The summed E-state index contributed by atoms with van der Waals surface area (Å²) in [6.45, 7) is 0.278. The molecule has 3 nitrogen and oxygen atoms in total. The lowest BCUT2D eigenvalue weighted by Crippen LogP contribution is -2.46. The smallest absolute Gasteiger partial charge is 0.233 e. The van der Waals surface area contributed by atoms with Gasteiger partial charge in [-0.3, -0.25) is 4.79 Å². The van der Waals surface area contributed by atoms with Crippen LogP contribution in [0.4, 0.5) is 8.78 Å². The lowest BCUT2D eigenvalue weighted by Gasteiger charge is -2.37. The Morgan fingerprint density at radius 1 is 1.35 bits per heavy atom. The summed E-state index contributed by atoms with van der Waals surface area (Å²) in [5.41, 5.74) is 0. The van der Waals surface area contributed by atoms with Gasteiger partial charge in [-0.1, -0.05) is 0 Å². The summed E-state index contributed by atoms with van der Waals surface area (Å²) in [5.74, 6) is -1.70. The van der Waals surface area contributed by atoms with Crippen molar-refractivity contribution >= 4 is 17.7 Å². The lowest BCUT2D eigenvalue weighted by molar-refractivity contribution is -0.132. The first-order chi connectivity index (χ1) is 9.61. The molecular weight excluding hydrogens is 284 g/mol. The number of thioether (sulfide) groups is 1. The van der Waals surface area contributed by atoms with Crippen molar-refractivity contribution in [1.82, 2.24) is 4.90 Å². The molecular formula is C14H17F2NO2S. The highest BCUT2D eigenvalue weighted by molar-refractivity contribution is 8.00. The van der Waals surface area contributed by atoms with Gasteiger partial charge < -0.3 is 10.0 Å². The predicted molar refractivity (Wildman–Crippen MR) is 73.5 cm³/mol. The molecule has 1 fully saturated rings. The molecule has 2 rings (SSSR count). The molecule has 20 heavy (non-hydrogen) atoms. The van der Waals surface area contributed by atoms with Gasteiger partial charge >= 0.3 is 0 Å². The molecule has 1 amide bonds. The molecule has 1 saturated carbocycles. The van der Waals surface area contributed by atoms with E-state index in [1.54, 1.807) is 4.90 Å². The summed E-state index contributed by atoms with van der Waals surface area (Å²) >= 11 is 1.18. The molecule has 0 spiro atoms. The summed E-state index contributed by atoms with van der Waals surface area (Å²) in [4.78, 5) is 14.3. The van der Waals surface area contributed by atoms with E-state index in [-0.39, 0.29) is 24.3 Å². The molecule has 1 N–H and O–H groups in total. The number of aliphatic hydroxyl groups excluding tert-OH is 1. The number of benzene rings is 1. The average Bonchev–Trinajstić information content (AvgIpc) is 2.37. The molecule has 1 aliphatic rings. The average molecular weight is 301 g/mol. The zero-order valence-corrected chi connectivity index (χ0v) is 11.8. The monoisotopic (exact) mass is 301 g/mol. The standard InChI is InChI=1S/C14H17F2NO2S/c15-12-5-4-11(8-13(12)16)20-9-14(19)17(6-7-18)10-2-1-3-10/h4-5,8,10,18H,1-3,6-7,9H2. The van der Waals surface area contributed by atoms with Gasteiger partial charge in [0.25, 0.3) is 0 Å². The predicted octanol–water partition coefficient (Wildman–Crippen LogP) is 2.43. The van der Waals surface area contributed by atoms with Gasteiger partial charge in [-0.25, -0.2) is 8.78 Å². The summed E-state index contributed by atoms with van der Waals surface area (Å²) in [7, 11) is 0. The third-order valence-corrected chi connectivity index (χ3v) is 4.41. The third-order valence-electron chi connectivity index (χ3n) is 3.43. The fourth-order valence-corrected chi connectivity index (χ4v) is 2.92. The lowest BCUT2D eigenvalue weighted by atomic mass is 9.91. The van der Waals surface area contributed by atoms with Crippen LogP contribution in [0.3, 0.4) is 0 Å². The molecule has 0 aromatic heterocycles. The molecule has 1 aromatic carbocycles. The van der Waals surface area contributed by atoms with E-state index < -0.39 is 11.6 Å². The molecule has 1 aromatic rings. The van der Waals surface area contributed by atoms with Crippen LogP contribution >= 0.6 is 11.8 Å². The Hall–Kier alpha value is -1.14. The van der Waals surface area contributed by atoms with Crippen LogP contribution in [0, 0.1) is 11.6 Å². The maximum absolute atomic E-state index is 13.1. The van der Waals surface area contributed by atoms with Crippen molar-refractivity contribution in [3.8, 4) is 0 Å². The third kappa shape index (κ3) is 3.70. The van der Waals surface area contributed by atoms with Crippen molar-refractivity contribution in [3.05, 3.63) is 29.8 Å². The number of aliphatic hydroxyl groups is 1. The van der Waals surface area contributed by atoms with Crippen molar-refractivity contribution in [2.45, 2.75) is 30.2 Å². The molecule has 6 heteroatoms. The van der Waals surface area contributed by atoms with Crippen LogP contribution in [0.25, 0.3) is 0 Å². The van der Waals surface area contributed by atoms with Crippen LogP contribution in [0.5, 0.6) is 0 Å². The number of rotatable bonds is 6. The summed E-state index contributed by atoms with van der Waals surface area (Å²) in [6, 6.07) is 3.82. The van der Waals surface area contributed by atoms with E-state index in [1.165, 1.54) is 17.8 Å². The highest BCUT2D eigenvalue weighted by atomic mass is 32.2. The molecule has 0 radical (unpaired) electrons. The van der Waals surface area contributed by atoms with Gasteiger partial charge in [0.1, 0.15) is 0 Å². The first kappa shape index (κ1) is 15.3. The fourth-order valence-electron chi connectivity index (χ4n) is 2.11. The number of hydrogen-bond donors (Lipinski definition) is 1.